The Hall–Kier alpha value is -2.02. The molecule has 126 valence electrons. The van der Waals surface area contributed by atoms with Crippen molar-refractivity contribution in [2.75, 3.05) is 13.7 Å². The summed E-state index contributed by atoms with van der Waals surface area (Å²) in [6.45, 7) is 5.02. The molecule has 1 aliphatic heterocycles. The summed E-state index contributed by atoms with van der Waals surface area (Å²) in [5, 5.41) is 9.61. The third-order valence-corrected chi connectivity index (χ3v) is 7.02. The number of ether oxygens (including phenoxy) is 1. The number of ketones is 1. The van der Waals surface area contributed by atoms with Crippen molar-refractivity contribution in [3.8, 4) is 11.9 Å². The third-order valence-electron chi connectivity index (χ3n) is 7.02. The van der Waals surface area contributed by atoms with Crippen LogP contribution in [0.1, 0.15) is 37.8 Å². The Balaban J connectivity index is 1.93. The molecule has 0 amide bonds. The van der Waals surface area contributed by atoms with Gasteiger partial charge in [-0.25, -0.2) is 0 Å². The molecule has 4 nitrogen and oxygen atoms in total. The van der Waals surface area contributed by atoms with Crippen LogP contribution in [0.5, 0.6) is 5.75 Å². The Morgan fingerprint density at radius 1 is 1.38 bits per heavy atom. The molecule has 2 fully saturated rings. The Bertz CT molecular complexity index is 738. The van der Waals surface area contributed by atoms with E-state index in [-0.39, 0.29) is 17.4 Å². The Labute approximate surface area is 143 Å². The maximum Gasteiger partial charge on any atom is 0.179 e. The first-order chi connectivity index (χ1) is 11.5. The highest BCUT2D eigenvalue weighted by Gasteiger charge is 2.59. The zero-order valence-corrected chi connectivity index (χ0v) is 14.6. The van der Waals surface area contributed by atoms with Crippen LogP contribution in [-0.4, -0.2) is 30.4 Å². The lowest BCUT2D eigenvalue weighted by Crippen LogP contribution is -2.64. The van der Waals surface area contributed by atoms with E-state index >= 15 is 0 Å². The summed E-state index contributed by atoms with van der Waals surface area (Å²) in [7, 11) is 1.69. The van der Waals surface area contributed by atoms with Gasteiger partial charge in [-0.2, -0.15) is 5.26 Å². The summed E-state index contributed by atoms with van der Waals surface area (Å²) in [5.74, 6) is 1.97. The van der Waals surface area contributed by atoms with Crippen LogP contribution in [0.3, 0.4) is 0 Å². The number of hydrogen-bond donors (Lipinski definition) is 0. The molecule has 0 radical (unpaired) electrons. The van der Waals surface area contributed by atoms with Crippen molar-refractivity contribution in [1.82, 2.24) is 4.90 Å². The van der Waals surface area contributed by atoms with Crippen molar-refractivity contribution in [3.63, 3.8) is 0 Å². The minimum atomic E-state index is -0.122. The number of likely N-dealkylation sites (tertiary alicyclic amines) is 1. The molecule has 1 heterocycles. The van der Waals surface area contributed by atoms with Gasteiger partial charge in [0.1, 0.15) is 11.5 Å². The van der Waals surface area contributed by atoms with Gasteiger partial charge in [0.25, 0.3) is 0 Å². The predicted molar refractivity (Wildman–Crippen MR) is 90.5 cm³/mol. The monoisotopic (exact) mass is 324 g/mol. The van der Waals surface area contributed by atoms with E-state index in [2.05, 4.69) is 32.2 Å². The van der Waals surface area contributed by atoms with E-state index in [0.29, 0.717) is 24.0 Å². The van der Waals surface area contributed by atoms with Gasteiger partial charge in [-0.05, 0) is 47.9 Å². The predicted octanol–water partition coefficient (Wildman–Crippen LogP) is 2.91. The maximum absolute atomic E-state index is 12.8. The highest BCUT2D eigenvalue weighted by Crippen LogP contribution is 2.58. The number of hydrogen-bond acceptors (Lipinski definition) is 4. The summed E-state index contributed by atoms with van der Waals surface area (Å²) in [4.78, 5) is 14.7. The number of fused-ring (bicyclic) bond motifs is 1. The van der Waals surface area contributed by atoms with Crippen molar-refractivity contribution in [1.29, 1.82) is 5.26 Å². The molecule has 4 rings (SSSR count). The number of carbonyl (C=O) groups is 1. The highest BCUT2D eigenvalue weighted by molar-refractivity contribution is 5.84. The van der Waals surface area contributed by atoms with Gasteiger partial charge in [-0.3, -0.25) is 4.79 Å². The molecule has 2 aliphatic carbocycles. The van der Waals surface area contributed by atoms with Crippen molar-refractivity contribution in [2.45, 2.75) is 44.6 Å². The average Bonchev–Trinajstić information content (AvgIpc) is 2.59. The SMILES string of the molecule is COc1ccc2c(c1)[C@]13CCN(C#N)[C@H](C2)[C@@H]1[C@@H](C)[C@H](C)C(=O)C3. The summed E-state index contributed by atoms with van der Waals surface area (Å²) in [5.41, 5.74) is 2.46. The standard InChI is InChI=1S/C20H24N2O2/c1-12-13(2)19-17-8-14-4-5-15(24-3)9-16(14)20(19,10-18(12)23)6-7-22(17)11-21/h4-5,9,12-13,17,19H,6-8,10H2,1-3H3/t12-,13-,17+,19-,20+/m0/s1. The molecule has 1 aromatic carbocycles. The normalized spacial score (nSPS) is 37.2. The van der Waals surface area contributed by atoms with Gasteiger partial charge in [0.2, 0.25) is 0 Å². The van der Waals surface area contributed by atoms with E-state index < -0.39 is 0 Å². The molecule has 2 bridgehead atoms. The van der Waals surface area contributed by atoms with Gasteiger partial charge < -0.3 is 9.64 Å². The molecular weight excluding hydrogens is 300 g/mol. The Kier molecular flexibility index (Phi) is 3.38. The number of piperidine rings is 1. The van der Waals surface area contributed by atoms with E-state index in [0.717, 1.165) is 25.1 Å². The summed E-state index contributed by atoms with van der Waals surface area (Å²) in [6, 6.07) is 6.50. The van der Waals surface area contributed by atoms with Crippen LogP contribution in [0.25, 0.3) is 0 Å². The second kappa shape index (κ2) is 5.24. The first-order valence-electron chi connectivity index (χ1n) is 8.88. The minimum Gasteiger partial charge on any atom is -0.497 e. The summed E-state index contributed by atoms with van der Waals surface area (Å²) < 4.78 is 5.46. The quantitative estimate of drug-likeness (QED) is 0.745. The zero-order chi connectivity index (χ0) is 17.1. The number of benzene rings is 1. The number of methoxy groups -OCH3 is 1. The topological polar surface area (TPSA) is 53.3 Å². The molecule has 5 atom stereocenters. The number of Topliss-reactive ketones (excluding diaryl/α,β-unsaturated/α-hetero) is 1. The Morgan fingerprint density at radius 2 is 2.17 bits per heavy atom. The number of rotatable bonds is 1. The lowest BCUT2D eigenvalue weighted by atomic mass is 9.48. The third kappa shape index (κ3) is 1.87. The second-order valence-electron chi connectivity index (χ2n) is 7.81. The van der Waals surface area contributed by atoms with Crippen molar-refractivity contribution in [2.24, 2.45) is 17.8 Å². The number of nitrogens with zero attached hydrogens (tertiary/aromatic N) is 2. The molecule has 0 spiro atoms. The molecule has 4 heteroatoms. The molecule has 1 aromatic rings. The zero-order valence-electron chi connectivity index (χ0n) is 14.6. The van der Waals surface area contributed by atoms with E-state index in [1.807, 2.05) is 11.0 Å². The van der Waals surface area contributed by atoms with E-state index in [1.54, 1.807) is 7.11 Å². The molecule has 0 unspecified atom stereocenters. The minimum absolute atomic E-state index is 0.0800. The lowest BCUT2D eigenvalue weighted by Gasteiger charge is -2.60. The molecule has 0 N–H and O–H groups in total. The van der Waals surface area contributed by atoms with Crippen LogP contribution >= 0.6 is 0 Å². The van der Waals surface area contributed by atoms with Crippen LogP contribution in [-0.2, 0) is 16.6 Å². The molecular formula is C20H24N2O2. The van der Waals surface area contributed by atoms with Crippen LogP contribution in [0.15, 0.2) is 18.2 Å². The average molecular weight is 324 g/mol. The van der Waals surface area contributed by atoms with Crippen LogP contribution in [0.4, 0.5) is 0 Å². The van der Waals surface area contributed by atoms with E-state index in [1.165, 1.54) is 11.1 Å². The fourth-order valence-corrected chi connectivity index (χ4v) is 5.67. The number of nitriles is 1. The van der Waals surface area contributed by atoms with Gasteiger partial charge in [0.05, 0.1) is 7.11 Å². The fraction of sp³-hybridized carbons (Fsp3) is 0.600. The van der Waals surface area contributed by atoms with Crippen molar-refractivity contribution >= 4 is 5.78 Å². The first-order valence-corrected chi connectivity index (χ1v) is 8.88. The van der Waals surface area contributed by atoms with Crippen molar-refractivity contribution < 1.29 is 9.53 Å². The van der Waals surface area contributed by atoms with Gasteiger partial charge in [0.15, 0.2) is 6.19 Å². The molecule has 1 saturated carbocycles. The Morgan fingerprint density at radius 3 is 2.88 bits per heavy atom. The summed E-state index contributed by atoms with van der Waals surface area (Å²) >= 11 is 0. The fourth-order valence-electron chi connectivity index (χ4n) is 5.67. The molecule has 3 aliphatic rings. The first kappa shape index (κ1) is 15.5. The van der Waals surface area contributed by atoms with Crippen LogP contribution < -0.4 is 4.74 Å². The van der Waals surface area contributed by atoms with Gasteiger partial charge in [-0.15, -0.1) is 0 Å². The number of carbonyl (C=O) groups excluding carboxylic acids is 1. The molecule has 24 heavy (non-hydrogen) atoms. The van der Waals surface area contributed by atoms with Crippen LogP contribution in [0.2, 0.25) is 0 Å². The largest absolute Gasteiger partial charge is 0.497 e. The van der Waals surface area contributed by atoms with Crippen molar-refractivity contribution in [3.05, 3.63) is 29.3 Å². The lowest BCUT2D eigenvalue weighted by molar-refractivity contribution is -0.136. The van der Waals surface area contributed by atoms with Gasteiger partial charge >= 0.3 is 0 Å². The highest BCUT2D eigenvalue weighted by atomic mass is 16.5. The smallest absolute Gasteiger partial charge is 0.179 e. The van der Waals surface area contributed by atoms with Crippen LogP contribution in [0, 0.1) is 29.2 Å². The molecule has 0 aromatic heterocycles. The second-order valence-corrected chi connectivity index (χ2v) is 7.81. The van der Waals surface area contributed by atoms with E-state index in [9.17, 15) is 10.1 Å². The maximum atomic E-state index is 12.8. The van der Waals surface area contributed by atoms with Gasteiger partial charge in [0, 0.05) is 30.3 Å². The summed E-state index contributed by atoms with van der Waals surface area (Å²) in [6.07, 6.45) is 4.80. The van der Waals surface area contributed by atoms with E-state index in [4.69, 9.17) is 4.74 Å². The molecule has 1 saturated heterocycles. The van der Waals surface area contributed by atoms with Gasteiger partial charge in [-0.1, -0.05) is 19.9 Å².